The van der Waals surface area contributed by atoms with Gasteiger partial charge in [-0.2, -0.15) is 0 Å². The van der Waals surface area contributed by atoms with Crippen molar-refractivity contribution < 1.29 is 9.90 Å². The van der Waals surface area contributed by atoms with Gasteiger partial charge in [0.25, 0.3) is 0 Å². The molecule has 3 heteroatoms. The average molecular weight is 181 g/mol. The van der Waals surface area contributed by atoms with Crippen LogP contribution in [0, 0.1) is 16.2 Å². The van der Waals surface area contributed by atoms with Crippen LogP contribution in [0.3, 0.4) is 0 Å². The highest BCUT2D eigenvalue weighted by molar-refractivity contribution is 5.76. The minimum atomic E-state index is -0.812. The third-order valence-electron chi connectivity index (χ3n) is 5.15. The smallest absolute Gasteiger partial charge is 0.321 e. The Morgan fingerprint density at radius 3 is 2.46 bits per heavy atom. The maximum absolute atomic E-state index is 10.9. The minimum absolute atomic E-state index is 0.00637. The summed E-state index contributed by atoms with van der Waals surface area (Å²) in [5, 5.41) is 8.93. The Hall–Kier alpha value is -0.570. The lowest BCUT2D eigenvalue weighted by Crippen LogP contribution is -2.40. The first-order valence-corrected chi connectivity index (χ1v) is 4.96. The molecule has 3 aliphatic rings. The number of carboxylic acid groups (broad SMARTS) is 1. The zero-order valence-electron chi connectivity index (χ0n) is 7.84. The topological polar surface area (TPSA) is 63.3 Å². The van der Waals surface area contributed by atoms with Crippen molar-refractivity contribution in [3.8, 4) is 0 Å². The van der Waals surface area contributed by atoms with Crippen LogP contribution < -0.4 is 5.73 Å². The second-order valence-electron chi connectivity index (χ2n) is 5.47. The molecule has 0 aliphatic heterocycles. The maximum Gasteiger partial charge on any atom is 0.321 e. The molecule has 3 saturated carbocycles. The van der Waals surface area contributed by atoms with E-state index < -0.39 is 12.0 Å². The second-order valence-corrected chi connectivity index (χ2v) is 5.47. The van der Waals surface area contributed by atoms with Gasteiger partial charge in [-0.3, -0.25) is 4.79 Å². The fourth-order valence-electron chi connectivity index (χ4n) is 4.12. The number of rotatable bonds is 2. The summed E-state index contributed by atoms with van der Waals surface area (Å²) in [5.41, 5.74) is 6.58. The van der Waals surface area contributed by atoms with Gasteiger partial charge in [0.1, 0.15) is 6.04 Å². The molecule has 3 rings (SSSR count). The molecule has 0 aromatic carbocycles. The van der Waals surface area contributed by atoms with Crippen molar-refractivity contribution in [2.45, 2.75) is 38.6 Å². The normalized spacial score (nSPS) is 58.0. The largest absolute Gasteiger partial charge is 0.480 e. The minimum Gasteiger partial charge on any atom is -0.480 e. The van der Waals surface area contributed by atoms with E-state index in [4.69, 9.17) is 10.8 Å². The van der Waals surface area contributed by atoms with Crippen molar-refractivity contribution in [3.63, 3.8) is 0 Å². The summed E-state index contributed by atoms with van der Waals surface area (Å²) >= 11 is 0. The first-order chi connectivity index (χ1) is 5.98. The molecular weight excluding hydrogens is 166 g/mol. The molecule has 72 valence electrons. The van der Waals surface area contributed by atoms with Gasteiger partial charge in [0, 0.05) is 5.41 Å². The molecule has 0 saturated heterocycles. The Morgan fingerprint density at radius 1 is 1.46 bits per heavy atom. The van der Waals surface area contributed by atoms with Gasteiger partial charge in [-0.1, -0.05) is 6.92 Å². The Bertz CT molecular complexity index is 308. The predicted molar refractivity (Wildman–Crippen MR) is 47.1 cm³/mol. The van der Waals surface area contributed by atoms with E-state index in [1.54, 1.807) is 0 Å². The number of hydrogen-bond donors (Lipinski definition) is 2. The Kier molecular flexibility index (Phi) is 0.991. The molecule has 4 atom stereocenters. The van der Waals surface area contributed by atoms with Gasteiger partial charge in [0.15, 0.2) is 0 Å². The van der Waals surface area contributed by atoms with Crippen LogP contribution in [0.1, 0.15) is 32.6 Å². The van der Waals surface area contributed by atoms with Gasteiger partial charge in [0.05, 0.1) is 0 Å². The standard InChI is InChI=1S/C10H15NO2/c1-8-2-3-9(6(11)7(12)13)5-10(8,9)4-8/h6H,2-5,11H2,1H3,(H,12,13). The van der Waals surface area contributed by atoms with Crippen molar-refractivity contribution in [3.05, 3.63) is 0 Å². The summed E-state index contributed by atoms with van der Waals surface area (Å²) in [6, 6.07) is -0.614. The lowest BCUT2D eigenvalue weighted by Gasteiger charge is -2.18. The molecule has 0 bridgehead atoms. The first kappa shape index (κ1) is 7.80. The molecule has 13 heavy (non-hydrogen) atoms. The van der Waals surface area contributed by atoms with Gasteiger partial charge in [-0.05, 0) is 36.5 Å². The third kappa shape index (κ3) is 0.565. The van der Waals surface area contributed by atoms with Crippen molar-refractivity contribution in [1.29, 1.82) is 0 Å². The van der Waals surface area contributed by atoms with Crippen molar-refractivity contribution in [1.82, 2.24) is 0 Å². The number of hydrogen-bond acceptors (Lipinski definition) is 2. The lowest BCUT2D eigenvalue weighted by atomic mass is 9.91. The molecule has 3 fully saturated rings. The first-order valence-electron chi connectivity index (χ1n) is 4.96. The van der Waals surface area contributed by atoms with Gasteiger partial charge in [-0.25, -0.2) is 0 Å². The monoisotopic (exact) mass is 181 g/mol. The highest BCUT2D eigenvalue weighted by atomic mass is 16.4. The summed E-state index contributed by atoms with van der Waals surface area (Å²) in [6.45, 7) is 2.29. The van der Waals surface area contributed by atoms with Crippen LogP contribution in [0.25, 0.3) is 0 Å². The zero-order chi connectivity index (χ0) is 9.48. The van der Waals surface area contributed by atoms with Crippen molar-refractivity contribution in [2.75, 3.05) is 0 Å². The molecule has 4 unspecified atom stereocenters. The molecule has 0 heterocycles. The zero-order valence-corrected chi connectivity index (χ0v) is 7.84. The maximum atomic E-state index is 10.9. The van der Waals surface area contributed by atoms with Crippen LogP contribution in [0.4, 0.5) is 0 Å². The molecule has 3 aliphatic carbocycles. The Balaban J connectivity index is 1.92. The van der Waals surface area contributed by atoms with Gasteiger partial charge in [-0.15, -0.1) is 0 Å². The van der Waals surface area contributed by atoms with Crippen LogP contribution >= 0.6 is 0 Å². The number of carboxylic acids is 1. The Labute approximate surface area is 77.3 Å². The van der Waals surface area contributed by atoms with Crippen LogP contribution in [0.5, 0.6) is 0 Å². The van der Waals surface area contributed by atoms with E-state index in [1.165, 1.54) is 12.8 Å². The van der Waals surface area contributed by atoms with E-state index in [0.717, 1.165) is 12.8 Å². The summed E-state index contributed by atoms with van der Waals surface area (Å²) in [6.07, 6.45) is 4.52. The number of aliphatic carboxylic acids is 1. The molecule has 0 aromatic rings. The van der Waals surface area contributed by atoms with Gasteiger partial charge < -0.3 is 10.8 Å². The molecule has 3 nitrogen and oxygen atoms in total. The van der Waals surface area contributed by atoms with E-state index in [2.05, 4.69) is 6.92 Å². The summed E-state index contributed by atoms with van der Waals surface area (Å²) in [7, 11) is 0. The van der Waals surface area contributed by atoms with Crippen LogP contribution in [0.2, 0.25) is 0 Å². The highest BCUT2D eigenvalue weighted by Crippen LogP contribution is 2.95. The highest BCUT2D eigenvalue weighted by Gasteiger charge is 2.90. The molecule has 0 amide bonds. The van der Waals surface area contributed by atoms with E-state index in [-0.39, 0.29) is 5.41 Å². The fourth-order valence-corrected chi connectivity index (χ4v) is 4.12. The van der Waals surface area contributed by atoms with E-state index in [0.29, 0.717) is 10.8 Å². The van der Waals surface area contributed by atoms with Gasteiger partial charge >= 0.3 is 5.97 Å². The van der Waals surface area contributed by atoms with E-state index in [9.17, 15) is 4.79 Å². The third-order valence-corrected chi connectivity index (χ3v) is 5.15. The van der Waals surface area contributed by atoms with Crippen LogP contribution in [0.15, 0.2) is 0 Å². The molecule has 3 N–H and O–H groups in total. The number of carbonyl (C=O) groups is 1. The predicted octanol–water partition coefficient (Wildman–Crippen LogP) is 0.979. The van der Waals surface area contributed by atoms with Gasteiger partial charge in [0.2, 0.25) is 0 Å². The molecule has 0 aromatic heterocycles. The van der Waals surface area contributed by atoms with E-state index in [1.807, 2.05) is 0 Å². The van der Waals surface area contributed by atoms with Crippen LogP contribution in [-0.2, 0) is 4.79 Å². The van der Waals surface area contributed by atoms with Crippen molar-refractivity contribution in [2.24, 2.45) is 22.0 Å². The fraction of sp³-hybridized carbons (Fsp3) is 0.900. The number of nitrogens with two attached hydrogens (primary N) is 1. The van der Waals surface area contributed by atoms with Crippen LogP contribution in [-0.4, -0.2) is 17.1 Å². The second kappa shape index (κ2) is 1.65. The van der Waals surface area contributed by atoms with Crippen molar-refractivity contribution >= 4 is 5.97 Å². The summed E-state index contributed by atoms with van der Waals surface area (Å²) in [5.74, 6) is -0.812. The Morgan fingerprint density at radius 2 is 2.15 bits per heavy atom. The SMILES string of the molecule is CC12CCC3(C(N)C(=O)O)CC13C2. The summed E-state index contributed by atoms with van der Waals surface area (Å²) < 4.78 is 0. The molecular formula is C10H15NO2. The quantitative estimate of drug-likeness (QED) is 0.667. The van der Waals surface area contributed by atoms with E-state index >= 15 is 0 Å². The molecule has 0 radical (unpaired) electrons. The average Bonchev–Trinajstić information content (AvgIpc) is 2.86. The summed E-state index contributed by atoms with van der Waals surface area (Å²) in [4.78, 5) is 10.9. The lowest BCUT2D eigenvalue weighted by molar-refractivity contribution is -0.140. The molecule has 1 spiro atoms.